The molecule has 1 saturated carbocycles. The number of hydrogen-bond acceptors (Lipinski definition) is 8. The number of hydrogen-bond donors (Lipinski definition) is 2. The van der Waals surface area contributed by atoms with E-state index in [-0.39, 0.29) is 6.10 Å². The third-order valence-electron chi connectivity index (χ3n) is 6.27. The van der Waals surface area contributed by atoms with E-state index in [0.29, 0.717) is 11.6 Å². The van der Waals surface area contributed by atoms with Gasteiger partial charge in [0.05, 0.1) is 30.4 Å². The standard InChI is InChI=1S/C24H28N6O3/c25-24(31)16-1-6-22(28-15-16)29-17-2-4-19(5-3-17)33-21-14-18(30-9-11-32-12-10-30)13-20-23(21)27-8-7-26-20/h1,6-8,13-15,17,19H,2-5,9-12H2,(H2,25,31)(H,28,29). The third kappa shape index (κ3) is 4.98. The zero-order valence-corrected chi connectivity index (χ0v) is 18.4. The number of pyridine rings is 1. The van der Waals surface area contributed by atoms with E-state index >= 15 is 0 Å². The van der Waals surface area contributed by atoms with Crippen LogP contribution in [0.1, 0.15) is 36.0 Å². The smallest absolute Gasteiger partial charge is 0.250 e. The maximum Gasteiger partial charge on any atom is 0.250 e. The van der Waals surface area contributed by atoms with Crippen molar-refractivity contribution in [3.8, 4) is 5.75 Å². The quantitative estimate of drug-likeness (QED) is 0.591. The fourth-order valence-electron chi connectivity index (χ4n) is 4.46. The van der Waals surface area contributed by atoms with E-state index < -0.39 is 5.91 Å². The van der Waals surface area contributed by atoms with Gasteiger partial charge in [0.25, 0.3) is 0 Å². The van der Waals surface area contributed by atoms with Gasteiger partial charge >= 0.3 is 0 Å². The number of nitrogens with two attached hydrogens (primary N) is 1. The van der Waals surface area contributed by atoms with Crippen molar-refractivity contribution in [2.45, 2.75) is 37.8 Å². The average molecular weight is 449 g/mol. The molecule has 3 N–H and O–H groups in total. The summed E-state index contributed by atoms with van der Waals surface area (Å²) in [6.45, 7) is 3.17. The molecule has 9 nitrogen and oxygen atoms in total. The topological polar surface area (TPSA) is 115 Å². The van der Waals surface area contributed by atoms with E-state index in [2.05, 4.69) is 37.3 Å². The second kappa shape index (κ2) is 9.58. The van der Waals surface area contributed by atoms with Crippen molar-refractivity contribution in [2.24, 2.45) is 5.73 Å². The number of fused-ring (bicyclic) bond motifs is 1. The van der Waals surface area contributed by atoms with E-state index in [0.717, 1.165) is 80.3 Å². The van der Waals surface area contributed by atoms with Crippen LogP contribution in [0.3, 0.4) is 0 Å². The Morgan fingerprint density at radius 3 is 2.58 bits per heavy atom. The fourth-order valence-corrected chi connectivity index (χ4v) is 4.46. The first-order valence-corrected chi connectivity index (χ1v) is 11.4. The molecule has 0 spiro atoms. The van der Waals surface area contributed by atoms with Crippen molar-refractivity contribution < 1.29 is 14.3 Å². The van der Waals surface area contributed by atoms with Crippen LogP contribution >= 0.6 is 0 Å². The van der Waals surface area contributed by atoms with Gasteiger partial charge in [0.1, 0.15) is 17.1 Å². The molecule has 1 amide bonds. The van der Waals surface area contributed by atoms with Gasteiger partial charge in [-0.25, -0.2) is 9.97 Å². The van der Waals surface area contributed by atoms with Gasteiger partial charge in [-0.2, -0.15) is 0 Å². The predicted octanol–water partition coefficient (Wildman–Crippen LogP) is 2.76. The number of morpholine rings is 1. The summed E-state index contributed by atoms with van der Waals surface area (Å²) in [5.74, 6) is 1.08. The summed E-state index contributed by atoms with van der Waals surface area (Å²) in [4.78, 5) is 26.9. The summed E-state index contributed by atoms with van der Waals surface area (Å²) < 4.78 is 12.0. The maximum atomic E-state index is 11.2. The number of ether oxygens (including phenoxy) is 2. The highest BCUT2D eigenvalue weighted by molar-refractivity contribution is 5.92. The van der Waals surface area contributed by atoms with Gasteiger partial charge < -0.3 is 25.4 Å². The first-order chi connectivity index (χ1) is 16.2. The lowest BCUT2D eigenvalue weighted by molar-refractivity contribution is 0.1000. The number of carbonyl (C=O) groups is 1. The Morgan fingerprint density at radius 2 is 1.85 bits per heavy atom. The first kappa shape index (κ1) is 21.4. The minimum Gasteiger partial charge on any atom is -0.488 e. The Bertz CT molecular complexity index is 1110. The number of aromatic nitrogens is 3. The van der Waals surface area contributed by atoms with Crippen molar-refractivity contribution >= 4 is 28.4 Å². The number of primary amides is 1. The molecule has 9 heteroatoms. The minimum absolute atomic E-state index is 0.124. The Kier molecular flexibility index (Phi) is 6.21. The van der Waals surface area contributed by atoms with Crippen molar-refractivity contribution in [1.82, 2.24) is 15.0 Å². The second-order valence-electron chi connectivity index (χ2n) is 8.50. The van der Waals surface area contributed by atoms with Crippen LogP contribution in [0, 0.1) is 0 Å². The largest absolute Gasteiger partial charge is 0.488 e. The number of carbonyl (C=O) groups excluding carboxylic acids is 1. The number of rotatable bonds is 6. The van der Waals surface area contributed by atoms with Gasteiger partial charge in [-0.3, -0.25) is 9.78 Å². The van der Waals surface area contributed by atoms with Gasteiger partial charge in [0.15, 0.2) is 0 Å². The van der Waals surface area contributed by atoms with Crippen LogP contribution in [-0.4, -0.2) is 59.3 Å². The zero-order chi connectivity index (χ0) is 22.6. The maximum absolute atomic E-state index is 11.2. The van der Waals surface area contributed by atoms with E-state index in [4.69, 9.17) is 15.2 Å². The lowest BCUT2D eigenvalue weighted by Crippen LogP contribution is -2.36. The van der Waals surface area contributed by atoms with Gasteiger partial charge in [0.2, 0.25) is 5.91 Å². The van der Waals surface area contributed by atoms with Crippen molar-refractivity contribution in [3.05, 3.63) is 48.4 Å². The molecule has 3 aromatic rings. The lowest BCUT2D eigenvalue weighted by atomic mass is 9.93. The molecule has 1 aromatic carbocycles. The summed E-state index contributed by atoms with van der Waals surface area (Å²) in [5.41, 5.74) is 8.44. The summed E-state index contributed by atoms with van der Waals surface area (Å²) in [5, 5.41) is 3.45. The highest BCUT2D eigenvalue weighted by Gasteiger charge is 2.24. The summed E-state index contributed by atoms with van der Waals surface area (Å²) in [6.07, 6.45) is 8.86. The molecule has 1 aliphatic carbocycles. The molecule has 1 saturated heterocycles. The average Bonchev–Trinajstić information content (AvgIpc) is 2.86. The molecule has 2 aliphatic rings. The number of nitrogens with one attached hydrogen (secondary N) is 1. The zero-order valence-electron chi connectivity index (χ0n) is 18.4. The van der Waals surface area contributed by atoms with Gasteiger partial charge in [-0.05, 0) is 43.9 Å². The van der Waals surface area contributed by atoms with Crippen molar-refractivity contribution in [2.75, 3.05) is 36.5 Å². The Labute approximate surface area is 192 Å². The highest BCUT2D eigenvalue weighted by atomic mass is 16.5. The molecular formula is C24H28N6O3. The van der Waals surface area contributed by atoms with Crippen LogP contribution in [0.4, 0.5) is 11.5 Å². The SMILES string of the molecule is NC(=O)c1ccc(NC2CCC(Oc3cc(N4CCOCC4)cc4nccnc34)CC2)nc1. The summed E-state index contributed by atoms with van der Waals surface area (Å²) >= 11 is 0. The Balaban J connectivity index is 1.24. The van der Waals surface area contributed by atoms with Crippen LogP contribution < -0.4 is 20.7 Å². The number of nitrogens with zero attached hydrogens (tertiary/aromatic N) is 4. The van der Waals surface area contributed by atoms with Crippen LogP contribution in [0.15, 0.2) is 42.9 Å². The molecule has 0 radical (unpaired) electrons. The van der Waals surface area contributed by atoms with Gasteiger partial charge in [-0.1, -0.05) is 0 Å². The van der Waals surface area contributed by atoms with Crippen molar-refractivity contribution in [1.29, 1.82) is 0 Å². The number of benzene rings is 1. The summed E-state index contributed by atoms with van der Waals surface area (Å²) in [7, 11) is 0. The molecule has 1 aliphatic heterocycles. The van der Waals surface area contributed by atoms with Crippen LogP contribution in [-0.2, 0) is 4.74 Å². The highest BCUT2D eigenvalue weighted by Crippen LogP contribution is 2.33. The Hall–Kier alpha value is -3.46. The molecule has 172 valence electrons. The monoisotopic (exact) mass is 448 g/mol. The van der Waals surface area contributed by atoms with E-state index in [1.165, 1.54) is 6.20 Å². The van der Waals surface area contributed by atoms with Crippen LogP contribution in [0.25, 0.3) is 11.0 Å². The second-order valence-corrected chi connectivity index (χ2v) is 8.50. The van der Waals surface area contributed by atoms with Gasteiger partial charge in [-0.15, -0.1) is 0 Å². The molecular weight excluding hydrogens is 420 g/mol. The lowest BCUT2D eigenvalue weighted by Gasteiger charge is -2.31. The fraction of sp³-hybridized carbons (Fsp3) is 0.417. The van der Waals surface area contributed by atoms with E-state index in [1.54, 1.807) is 24.5 Å². The Morgan fingerprint density at radius 1 is 1.06 bits per heavy atom. The van der Waals surface area contributed by atoms with Gasteiger partial charge in [0, 0.05) is 49.5 Å². The van der Waals surface area contributed by atoms with E-state index in [1.807, 2.05) is 0 Å². The summed E-state index contributed by atoms with van der Waals surface area (Å²) in [6, 6.07) is 7.98. The number of anilines is 2. The number of amides is 1. The molecule has 3 heterocycles. The molecule has 0 unspecified atom stereocenters. The molecule has 2 fully saturated rings. The predicted molar refractivity (Wildman–Crippen MR) is 126 cm³/mol. The third-order valence-corrected chi connectivity index (χ3v) is 6.27. The van der Waals surface area contributed by atoms with Crippen LogP contribution in [0.5, 0.6) is 5.75 Å². The van der Waals surface area contributed by atoms with Crippen molar-refractivity contribution in [3.63, 3.8) is 0 Å². The normalized spacial score (nSPS) is 21.0. The van der Waals surface area contributed by atoms with Crippen LogP contribution in [0.2, 0.25) is 0 Å². The molecule has 0 bridgehead atoms. The first-order valence-electron chi connectivity index (χ1n) is 11.4. The minimum atomic E-state index is -0.471. The molecule has 2 aromatic heterocycles. The molecule has 33 heavy (non-hydrogen) atoms. The van der Waals surface area contributed by atoms with E-state index in [9.17, 15) is 4.79 Å². The molecule has 5 rings (SSSR count). The molecule has 0 atom stereocenters.